The molecule has 0 radical (unpaired) electrons. The first kappa shape index (κ1) is 20.5. The van der Waals surface area contributed by atoms with Gasteiger partial charge in [-0.05, 0) is 42.0 Å². The number of rotatable bonds is 8. The summed E-state index contributed by atoms with van der Waals surface area (Å²) >= 11 is 3.37. The van der Waals surface area contributed by atoms with Crippen molar-refractivity contribution in [2.45, 2.75) is 12.5 Å². The Balaban J connectivity index is 1.84. The Morgan fingerprint density at radius 1 is 1.03 bits per heavy atom. The van der Waals surface area contributed by atoms with Gasteiger partial charge < -0.3 is 10.1 Å². The molecule has 0 saturated carbocycles. The number of Topliss-reactive ketones (excluding diaryl/α,β-unsaturated/α-hetero) is 1. The average Bonchev–Trinajstić information content (AvgIpc) is 2.74. The number of anilines is 1. The molecule has 0 aromatic heterocycles. The lowest BCUT2D eigenvalue weighted by Gasteiger charge is -2.20. The van der Waals surface area contributed by atoms with E-state index in [0.29, 0.717) is 11.3 Å². The zero-order valence-electron chi connectivity index (χ0n) is 15.7. The highest BCUT2D eigenvalue weighted by atomic mass is 79.9. The van der Waals surface area contributed by atoms with Gasteiger partial charge in [0.1, 0.15) is 5.75 Å². The Kier molecular flexibility index (Phi) is 6.61. The van der Waals surface area contributed by atoms with Crippen molar-refractivity contribution in [3.63, 3.8) is 0 Å². The molecule has 6 nitrogen and oxygen atoms in total. The number of methoxy groups -OCH3 is 1. The minimum atomic E-state index is -0.443. The van der Waals surface area contributed by atoms with E-state index in [1.807, 2.05) is 36.4 Å². The summed E-state index contributed by atoms with van der Waals surface area (Å²) in [5, 5.41) is 14.2. The summed E-state index contributed by atoms with van der Waals surface area (Å²) in [6.45, 7) is 0. The van der Waals surface area contributed by atoms with Crippen LogP contribution >= 0.6 is 15.9 Å². The molecule has 7 heteroatoms. The Morgan fingerprint density at radius 3 is 2.21 bits per heavy atom. The largest absolute Gasteiger partial charge is 0.497 e. The van der Waals surface area contributed by atoms with Gasteiger partial charge in [-0.3, -0.25) is 14.9 Å². The number of ketones is 1. The van der Waals surface area contributed by atoms with E-state index in [-0.39, 0.29) is 23.9 Å². The van der Waals surface area contributed by atoms with Crippen LogP contribution in [0.3, 0.4) is 0 Å². The molecule has 3 aromatic carbocycles. The normalized spacial score (nSPS) is 11.5. The number of hydrogen-bond donors (Lipinski definition) is 1. The number of benzene rings is 3. The highest BCUT2D eigenvalue weighted by molar-refractivity contribution is 9.10. The summed E-state index contributed by atoms with van der Waals surface area (Å²) in [5.74, 6) is 0.717. The van der Waals surface area contributed by atoms with Gasteiger partial charge in [-0.1, -0.05) is 40.2 Å². The summed E-state index contributed by atoms with van der Waals surface area (Å²) in [7, 11) is 1.60. The first-order valence-corrected chi connectivity index (χ1v) is 9.69. The van der Waals surface area contributed by atoms with Crippen LogP contribution in [-0.2, 0) is 0 Å². The molecule has 1 atom stereocenters. The third kappa shape index (κ3) is 5.42. The maximum atomic E-state index is 12.8. The van der Waals surface area contributed by atoms with Gasteiger partial charge in [0.2, 0.25) is 0 Å². The maximum absolute atomic E-state index is 12.8. The fourth-order valence-corrected chi connectivity index (χ4v) is 3.17. The van der Waals surface area contributed by atoms with E-state index in [0.717, 1.165) is 15.8 Å². The van der Waals surface area contributed by atoms with Crippen LogP contribution < -0.4 is 10.1 Å². The van der Waals surface area contributed by atoms with Gasteiger partial charge in [-0.2, -0.15) is 0 Å². The smallest absolute Gasteiger partial charge is 0.269 e. The van der Waals surface area contributed by atoms with Crippen molar-refractivity contribution in [3.05, 3.63) is 98.5 Å². The predicted octanol–water partition coefficient (Wildman–Crippen LogP) is 5.79. The molecule has 0 saturated heterocycles. The Labute approximate surface area is 176 Å². The monoisotopic (exact) mass is 454 g/mol. The fourth-order valence-electron chi connectivity index (χ4n) is 2.91. The van der Waals surface area contributed by atoms with Crippen LogP contribution in [0.1, 0.15) is 28.4 Å². The molecule has 3 aromatic rings. The highest BCUT2D eigenvalue weighted by Crippen LogP contribution is 2.27. The minimum absolute atomic E-state index is 0.00673. The SMILES string of the molecule is COc1ccc(C(CC(=O)c2ccc(Br)cc2)Nc2ccc([N+](=O)[O-])cc2)cc1. The number of non-ortho nitro benzene ring substituents is 1. The lowest BCUT2D eigenvalue weighted by atomic mass is 9.97. The number of nitrogens with one attached hydrogen (secondary N) is 1. The average molecular weight is 455 g/mol. The lowest BCUT2D eigenvalue weighted by molar-refractivity contribution is -0.384. The van der Waals surface area contributed by atoms with Crippen LogP contribution in [0.15, 0.2) is 77.3 Å². The number of nitrogens with zero attached hydrogens (tertiary/aromatic N) is 1. The number of carbonyl (C=O) groups excluding carboxylic acids is 1. The highest BCUT2D eigenvalue weighted by Gasteiger charge is 2.18. The van der Waals surface area contributed by atoms with Gasteiger partial charge in [0.05, 0.1) is 18.1 Å². The summed E-state index contributed by atoms with van der Waals surface area (Å²) in [4.78, 5) is 23.3. The van der Waals surface area contributed by atoms with E-state index >= 15 is 0 Å². The van der Waals surface area contributed by atoms with Crippen LogP contribution in [0.25, 0.3) is 0 Å². The molecule has 0 fully saturated rings. The number of ether oxygens (including phenoxy) is 1. The van der Waals surface area contributed by atoms with E-state index in [2.05, 4.69) is 21.2 Å². The van der Waals surface area contributed by atoms with Crippen molar-refractivity contribution in [2.24, 2.45) is 0 Å². The topological polar surface area (TPSA) is 81.5 Å². The molecule has 0 heterocycles. The first-order valence-electron chi connectivity index (χ1n) is 8.90. The predicted molar refractivity (Wildman–Crippen MR) is 116 cm³/mol. The molecule has 0 aliphatic heterocycles. The van der Waals surface area contributed by atoms with Gasteiger partial charge in [0, 0.05) is 34.3 Å². The Morgan fingerprint density at radius 2 is 1.66 bits per heavy atom. The van der Waals surface area contributed by atoms with Gasteiger partial charge in [0.25, 0.3) is 5.69 Å². The van der Waals surface area contributed by atoms with E-state index < -0.39 is 4.92 Å². The molecule has 0 aliphatic rings. The van der Waals surface area contributed by atoms with E-state index in [1.165, 1.54) is 12.1 Å². The van der Waals surface area contributed by atoms with Crippen molar-refractivity contribution < 1.29 is 14.5 Å². The fraction of sp³-hybridized carbons (Fsp3) is 0.136. The van der Waals surface area contributed by atoms with E-state index in [1.54, 1.807) is 31.4 Å². The molecule has 29 heavy (non-hydrogen) atoms. The number of nitro benzene ring substituents is 1. The van der Waals surface area contributed by atoms with Crippen LogP contribution in [-0.4, -0.2) is 17.8 Å². The standard InChI is InChI=1S/C22H19BrN2O4/c1-29-20-12-4-15(5-13-20)21(14-22(26)16-2-6-17(23)7-3-16)24-18-8-10-19(11-9-18)25(27)28/h2-13,21,24H,14H2,1H3. The molecular weight excluding hydrogens is 436 g/mol. The van der Waals surface area contributed by atoms with Gasteiger partial charge >= 0.3 is 0 Å². The van der Waals surface area contributed by atoms with Crippen molar-refractivity contribution in [1.29, 1.82) is 0 Å². The molecule has 0 aliphatic carbocycles. The van der Waals surface area contributed by atoms with E-state index in [9.17, 15) is 14.9 Å². The number of carbonyl (C=O) groups is 1. The van der Waals surface area contributed by atoms with Crippen LogP contribution in [0.2, 0.25) is 0 Å². The summed E-state index contributed by atoms with van der Waals surface area (Å²) in [6.07, 6.45) is 0.227. The van der Waals surface area contributed by atoms with Crippen LogP contribution in [0.5, 0.6) is 5.75 Å². The molecule has 0 spiro atoms. The van der Waals surface area contributed by atoms with Crippen molar-refractivity contribution in [1.82, 2.24) is 0 Å². The Bertz CT molecular complexity index is 987. The number of nitro groups is 1. The second-order valence-electron chi connectivity index (χ2n) is 6.41. The zero-order chi connectivity index (χ0) is 20.8. The molecule has 148 valence electrons. The molecule has 3 rings (SSSR count). The minimum Gasteiger partial charge on any atom is -0.497 e. The maximum Gasteiger partial charge on any atom is 0.269 e. The van der Waals surface area contributed by atoms with Gasteiger partial charge in [0.15, 0.2) is 5.78 Å². The summed E-state index contributed by atoms with van der Waals surface area (Å²) in [6, 6.07) is 20.5. The lowest BCUT2D eigenvalue weighted by Crippen LogP contribution is -2.16. The first-order chi connectivity index (χ1) is 14.0. The molecule has 0 bridgehead atoms. The van der Waals surface area contributed by atoms with Crippen molar-refractivity contribution >= 4 is 33.1 Å². The second-order valence-corrected chi connectivity index (χ2v) is 7.32. The molecule has 1 N–H and O–H groups in total. The zero-order valence-corrected chi connectivity index (χ0v) is 17.3. The summed E-state index contributed by atoms with van der Waals surface area (Å²) < 4.78 is 6.12. The van der Waals surface area contributed by atoms with Crippen molar-refractivity contribution in [2.75, 3.05) is 12.4 Å². The van der Waals surface area contributed by atoms with Gasteiger partial charge in [-0.25, -0.2) is 0 Å². The van der Waals surface area contributed by atoms with Crippen LogP contribution in [0.4, 0.5) is 11.4 Å². The molecule has 1 unspecified atom stereocenters. The Hall–Kier alpha value is -3.19. The third-order valence-electron chi connectivity index (χ3n) is 4.49. The molecular formula is C22H19BrN2O4. The number of halogens is 1. The van der Waals surface area contributed by atoms with Gasteiger partial charge in [-0.15, -0.1) is 0 Å². The summed E-state index contributed by atoms with van der Waals surface area (Å²) in [5.41, 5.74) is 2.24. The number of hydrogen-bond acceptors (Lipinski definition) is 5. The van der Waals surface area contributed by atoms with Crippen LogP contribution in [0, 0.1) is 10.1 Å². The van der Waals surface area contributed by atoms with E-state index in [4.69, 9.17) is 4.74 Å². The second kappa shape index (κ2) is 9.34. The van der Waals surface area contributed by atoms with Crippen molar-refractivity contribution in [3.8, 4) is 5.75 Å². The quantitative estimate of drug-likeness (QED) is 0.264. The molecule has 0 amide bonds. The third-order valence-corrected chi connectivity index (χ3v) is 5.02.